The third kappa shape index (κ3) is 3.45. The summed E-state index contributed by atoms with van der Waals surface area (Å²) >= 11 is 6.46. The average Bonchev–Trinajstić information content (AvgIpc) is 3.28. The van der Waals surface area contributed by atoms with Crippen LogP contribution in [-0.2, 0) is 0 Å². The van der Waals surface area contributed by atoms with Gasteiger partial charge in [0, 0.05) is 28.1 Å². The lowest BCUT2D eigenvalue weighted by Crippen LogP contribution is -2.34. The topological polar surface area (TPSA) is 80.6 Å². The van der Waals surface area contributed by atoms with Crippen molar-refractivity contribution in [2.24, 2.45) is 5.10 Å². The van der Waals surface area contributed by atoms with Crippen molar-refractivity contribution in [2.45, 2.75) is 18.7 Å². The Morgan fingerprint density at radius 1 is 1.06 bits per heavy atom. The molecule has 7 nitrogen and oxygen atoms in total. The van der Waals surface area contributed by atoms with Gasteiger partial charge in [-0.3, -0.25) is 0 Å². The van der Waals surface area contributed by atoms with Gasteiger partial charge in [0.05, 0.1) is 26.0 Å². The molecule has 168 valence electrons. The van der Waals surface area contributed by atoms with Crippen LogP contribution in [0.2, 0.25) is 5.02 Å². The molecule has 5 rings (SSSR count). The summed E-state index contributed by atoms with van der Waals surface area (Å²) in [5.41, 5.74) is 3.03. The first-order valence-corrected chi connectivity index (χ1v) is 10.8. The van der Waals surface area contributed by atoms with E-state index in [1.165, 1.54) is 14.2 Å². The van der Waals surface area contributed by atoms with Crippen molar-refractivity contribution in [3.05, 3.63) is 87.9 Å². The zero-order valence-corrected chi connectivity index (χ0v) is 18.7. The van der Waals surface area contributed by atoms with Gasteiger partial charge in [-0.15, -0.1) is 0 Å². The maximum Gasteiger partial charge on any atom is 0.340 e. The van der Waals surface area contributed by atoms with Gasteiger partial charge < -0.3 is 19.3 Å². The van der Waals surface area contributed by atoms with Crippen LogP contribution in [0.25, 0.3) is 0 Å². The highest BCUT2D eigenvalue weighted by atomic mass is 35.5. The number of rotatable bonds is 5. The Hall–Kier alpha value is -3.71. The number of benzene rings is 3. The Balaban J connectivity index is 1.68. The van der Waals surface area contributed by atoms with E-state index in [1.54, 1.807) is 12.1 Å². The number of carboxylic acids is 1. The van der Waals surface area contributed by atoms with Crippen molar-refractivity contribution >= 4 is 23.3 Å². The van der Waals surface area contributed by atoms with Crippen LogP contribution < -0.4 is 14.2 Å². The molecule has 1 N–H and O–H groups in total. The fourth-order valence-electron chi connectivity index (χ4n) is 4.47. The minimum absolute atomic E-state index is 0.0265. The number of hydrogen-bond donors (Lipinski definition) is 1. The molecule has 0 fully saturated rings. The Morgan fingerprint density at radius 3 is 2.55 bits per heavy atom. The van der Waals surface area contributed by atoms with Crippen molar-refractivity contribution in [3.8, 4) is 17.2 Å². The van der Waals surface area contributed by atoms with Crippen LogP contribution in [0.4, 0.5) is 0 Å². The lowest BCUT2D eigenvalue weighted by molar-refractivity contribution is -0.0199. The molecule has 0 aliphatic carbocycles. The molecule has 33 heavy (non-hydrogen) atoms. The van der Waals surface area contributed by atoms with Crippen LogP contribution in [0.1, 0.15) is 45.7 Å². The van der Waals surface area contributed by atoms with Crippen LogP contribution in [0.3, 0.4) is 0 Å². The second-order valence-corrected chi connectivity index (χ2v) is 8.11. The maximum atomic E-state index is 12.3. The SMILES string of the molecule is COc1ccc([C@@H]2Oc3ccccc3[C@@H]3CC(c4ccccc4Cl)=NN32)c(C(=O)O)c1OC. The summed E-state index contributed by atoms with van der Waals surface area (Å²) in [4.78, 5) is 12.3. The van der Waals surface area contributed by atoms with Gasteiger partial charge in [0.25, 0.3) is 0 Å². The fraction of sp³-hybridized carbons (Fsp3) is 0.200. The van der Waals surface area contributed by atoms with E-state index in [1.807, 2.05) is 53.5 Å². The Kier molecular flexibility index (Phi) is 5.34. The summed E-state index contributed by atoms with van der Waals surface area (Å²) in [5, 5.41) is 17.4. The molecule has 0 aromatic heterocycles. The molecule has 0 spiro atoms. The van der Waals surface area contributed by atoms with Gasteiger partial charge in [0.1, 0.15) is 11.3 Å². The Labute approximate surface area is 195 Å². The second kappa shape index (κ2) is 8.33. The number of methoxy groups -OCH3 is 2. The molecule has 2 aliphatic rings. The first-order chi connectivity index (χ1) is 16.0. The number of carboxylic acid groups (broad SMARTS) is 1. The van der Waals surface area contributed by atoms with E-state index in [4.69, 9.17) is 30.9 Å². The number of nitrogens with zero attached hydrogens (tertiary/aromatic N) is 2. The largest absolute Gasteiger partial charge is 0.493 e. The zero-order valence-electron chi connectivity index (χ0n) is 18.0. The van der Waals surface area contributed by atoms with Crippen molar-refractivity contribution in [1.29, 1.82) is 0 Å². The number of ether oxygens (including phenoxy) is 3. The molecule has 0 amide bonds. The Bertz CT molecular complexity index is 1280. The molecule has 0 saturated heterocycles. The predicted octanol–water partition coefficient (Wildman–Crippen LogP) is 5.30. The first-order valence-electron chi connectivity index (χ1n) is 10.4. The van der Waals surface area contributed by atoms with Crippen LogP contribution in [0.5, 0.6) is 17.2 Å². The van der Waals surface area contributed by atoms with Crippen molar-refractivity contribution in [1.82, 2.24) is 5.01 Å². The molecule has 3 aromatic rings. The monoisotopic (exact) mass is 464 g/mol. The highest BCUT2D eigenvalue weighted by Gasteiger charge is 2.43. The molecule has 8 heteroatoms. The second-order valence-electron chi connectivity index (χ2n) is 7.70. The molecule has 2 aliphatic heterocycles. The lowest BCUT2D eigenvalue weighted by atomic mass is 9.95. The molecule has 0 bridgehead atoms. The number of carbonyl (C=O) groups is 1. The predicted molar refractivity (Wildman–Crippen MR) is 124 cm³/mol. The number of para-hydroxylation sites is 1. The smallest absolute Gasteiger partial charge is 0.340 e. The summed E-state index contributed by atoms with van der Waals surface area (Å²) in [6.07, 6.45) is -0.174. The summed E-state index contributed by atoms with van der Waals surface area (Å²) in [6, 6.07) is 18.5. The van der Waals surface area contributed by atoms with Crippen molar-refractivity contribution in [3.63, 3.8) is 0 Å². The molecule has 2 heterocycles. The normalized spacial score (nSPS) is 18.6. The minimum atomic E-state index is -1.14. The number of fused-ring (bicyclic) bond motifs is 3. The fourth-order valence-corrected chi connectivity index (χ4v) is 4.71. The van der Waals surface area contributed by atoms with Gasteiger partial charge in [-0.2, -0.15) is 5.10 Å². The van der Waals surface area contributed by atoms with Crippen LogP contribution in [0, 0.1) is 0 Å². The van der Waals surface area contributed by atoms with Crippen molar-refractivity contribution in [2.75, 3.05) is 14.2 Å². The highest BCUT2D eigenvalue weighted by molar-refractivity contribution is 6.34. The number of hydrazone groups is 1. The summed E-state index contributed by atoms with van der Waals surface area (Å²) in [7, 11) is 2.88. The number of hydrogen-bond acceptors (Lipinski definition) is 6. The van der Waals surface area contributed by atoms with E-state index < -0.39 is 12.2 Å². The van der Waals surface area contributed by atoms with E-state index in [-0.39, 0.29) is 17.4 Å². The maximum absolute atomic E-state index is 12.3. The molecule has 2 atom stereocenters. The van der Waals surface area contributed by atoms with Crippen LogP contribution in [0.15, 0.2) is 65.8 Å². The third-order valence-electron chi connectivity index (χ3n) is 5.94. The lowest BCUT2D eigenvalue weighted by Gasteiger charge is -2.38. The van der Waals surface area contributed by atoms with E-state index >= 15 is 0 Å². The van der Waals surface area contributed by atoms with Gasteiger partial charge in [-0.05, 0) is 24.3 Å². The molecular weight excluding hydrogens is 444 g/mol. The standard InChI is InChI=1S/C25H21ClN2O5/c1-31-21-12-11-16(22(25(29)30)23(21)32-2)24-28-19(15-8-4-6-10-20(15)33-24)13-18(27-28)14-7-3-5-9-17(14)26/h3-12,19,24H,13H2,1-2H3,(H,29,30)/t19-,24-/m0/s1. The summed E-state index contributed by atoms with van der Waals surface area (Å²) < 4.78 is 17.1. The third-order valence-corrected chi connectivity index (χ3v) is 6.27. The zero-order chi connectivity index (χ0) is 23.1. The highest BCUT2D eigenvalue weighted by Crippen LogP contribution is 2.49. The number of halogens is 1. The average molecular weight is 465 g/mol. The summed E-state index contributed by atoms with van der Waals surface area (Å²) in [5.74, 6) is 0.00356. The quantitative estimate of drug-likeness (QED) is 0.552. The molecular formula is C25H21ClN2O5. The molecule has 0 unspecified atom stereocenters. The Morgan fingerprint density at radius 2 is 1.82 bits per heavy atom. The van der Waals surface area contributed by atoms with E-state index in [0.29, 0.717) is 28.5 Å². The van der Waals surface area contributed by atoms with Gasteiger partial charge >= 0.3 is 5.97 Å². The summed E-state index contributed by atoms with van der Waals surface area (Å²) in [6.45, 7) is 0. The first kappa shape index (κ1) is 21.2. The number of aromatic carboxylic acids is 1. The van der Waals surface area contributed by atoms with Crippen LogP contribution in [-0.4, -0.2) is 36.0 Å². The molecule has 3 aromatic carbocycles. The van der Waals surface area contributed by atoms with E-state index in [2.05, 4.69) is 0 Å². The minimum Gasteiger partial charge on any atom is -0.493 e. The van der Waals surface area contributed by atoms with Crippen molar-refractivity contribution < 1.29 is 24.1 Å². The van der Waals surface area contributed by atoms with E-state index in [9.17, 15) is 9.90 Å². The van der Waals surface area contributed by atoms with Crippen LogP contribution >= 0.6 is 11.6 Å². The molecule has 0 radical (unpaired) electrons. The van der Waals surface area contributed by atoms with Gasteiger partial charge in [0.2, 0.25) is 6.23 Å². The van der Waals surface area contributed by atoms with Gasteiger partial charge in [0.15, 0.2) is 11.5 Å². The van der Waals surface area contributed by atoms with Gasteiger partial charge in [-0.25, -0.2) is 9.80 Å². The van der Waals surface area contributed by atoms with Gasteiger partial charge in [-0.1, -0.05) is 48.0 Å². The molecule has 0 saturated carbocycles. The van der Waals surface area contributed by atoms with E-state index in [0.717, 1.165) is 16.8 Å².